The van der Waals surface area contributed by atoms with Crippen LogP contribution in [-0.2, 0) is 4.79 Å². The van der Waals surface area contributed by atoms with Gasteiger partial charge in [-0.3, -0.25) is 9.48 Å². The van der Waals surface area contributed by atoms with Crippen LogP contribution in [0.15, 0.2) is 41.0 Å². The number of carbonyl (C=O) groups is 1. The third-order valence-corrected chi connectivity index (χ3v) is 4.17. The molecule has 0 radical (unpaired) electrons. The molecule has 5 heteroatoms. The van der Waals surface area contributed by atoms with Gasteiger partial charge in [0.15, 0.2) is 0 Å². The lowest BCUT2D eigenvalue weighted by Crippen LogP contribution is -2.33. The van der Waals surface area contributed by atoms with Crippen LogP contribution in [-0.4, -0.2) is 15.7 Å². The minimum atomic E-state index is -0.340. The van der Waals surface area contributed by atoms with E-state index in [1.807, 2.05) is 51.1 Å². The molecule has 106 valence electrons. The van der Waals surface area contributed by atoms with E-state index < -0.39 is 0 Å². The van der Waals surface area contributed by atoms with Crippen molar-refractivity contribution < 1.29 is 4.79 Å². The Balaban J connectivity index is 2.07. The van der Waals surface area contributed by atoms with Crippen LogP contribution < -0.4 is 5.32 Å². The molecule has 2 rings (SSSR count). The van der Waals surface area contributed by atoms with E-state index in [2.05, 4.69) is 26.3 Å². The minimum Gasteiger partial charge on any atom is -0.348 e. The van der Waals surface area contributed by atoms with Gasteiger partial charge in [-0.1, -0.05) is 30.3 Å². The molecule has 0 fully saturated rings. The van der Waals surface area contributed by atoms with Crippen LogP contribution in [0.4, 0.5) is 0 Å². The fourth-order valence-electron chi connectivity index (χ4n) is 2.06. The Labute approximate surface area is 127 Å². The van der Waals surface area contributed by atoms with E-state index in [-0.39, 0.29) is 18.0 Å². The van der Waals surface area contributed by atoms with Crippen molar-refractivity contribution in [1.29, 1.82) is 0 Å². The number of amides is 1. The summed E-state index contributed by atoms with van der Waals surface area (Å²) in [4.78, 5) is 12.3. The van der Waals surface area contributed by atoms with Crippen LogP contribution in [0.25, 0.3) is 0 Å². The Morgan fingerprint density at radius 2 is 1.95 bits per heavy atom. The fraction of sp³-hybridized carbons (Fsp3) is 0.333. The van der Waals surface area contributed by atoms with Gasteiger partial charge in [-0.05, 0) is 42.3 Å². The van der Waals surface area contributed by atoms with Gasteiger partial charge in [0.2, 0.25) is 5.91 Å². The molecule has 2 unspecified atom stereocenters. The predicted molar refractivity (Wildman–Crippen MR) is 82.4 cm³/mol. The van der Waals surface area contributed by atoms with Gasteiger partial charge in [-0.15, -0.1) is 0 Å². The molecule has 0 aliphatic heterocycles. The highest BCUT2D eigenvalue weighted by Crippen LogP contribution is 2.19. The zero-order valence-corrected chi connectivity index (χ0v) is 13.4. The van der Waals surface area contributed by atoms with E-state index in [1.54, 1.807) is 10.9 Å². The van der Waals surface area contributed by atoms with Crippen LogP contribution in [0, 0.1) is 6.92 Å². The summed E-state index contributed by atoms with van der Waals surface area (Å²) in [5, 5.41) is 7.24. The Bertz CT molecular complexity index is 594. The molecule has 1 heterocycles. The monoisotopic (exact) mass is 335 g/mol. The number of nitrogens with zero attached hydrogens (tertiary/aromatic N) is 2. The van der Waals surface area contributed by atoms with E-state index >= 15 is 0 Å². The van der Waals surface area contributed by atoms with Gasteiger partial charge < -0.3 is 5.32 Å². The first-order valence-corrected chi connectivity index (χ1v) is 7.35. The molecule has 0 aliphatic carbocycles. The van der Waals surface area contributed by atoms with Crippen molar-refractivity contribution in [3.05, 3.63) is 52.3 Å². The van der Waals surface area contributed by atoms with Gasteiger partial charge >= 0.3 is 0 Å². The van der Waals surface area contributed by atoms with Crippen LogP contribution in [0.5, 0.6) is 0 Å². The van der Waals surface area contributed by atoms with Crippen molar-refractivity contribution in [2.75, 3.05) is 0 Å². The second-order valence-electron chi connectivity index (χ2n) is 4.84. The molecule has 0 bridgehead atoms. The number of halogens is 1. The minimum absolute atomic E-state index is 0.0227. The lowest BCUT2D eigenvalue weighted by atomic mass is 10.1. The van der Waals surface area contributed by atoms with Crippen molar-refractivity contribution >= 4 is 21.8 Å². The van der Waals surface area contributed by atoms with Gasteiger partial charge in [-0.2, -0.15) is 5.10 Å². The van der Waals surface area contributed by atoms with Crippen LogP contribution >= 0.6 is 15.9 Å². The first kappa shape index (κ1) is 14.8. The zero-order chi connectivity index (χ0) is 14.7. The largest absolute Gasteiger partial charge is 0.348 e. The second kappa shape index (κ2) is 6.22. The van der Waals surface area contributed by atoms with Gasteiger partial charge in [0.25, 0.3) is 0 Å². The van der Waals surface area contributed by atoms with Crippen LogP contribution in [0.1, 0.15) is 37.2 Å². The summed E-state index contributed by atoms with van der Waals surface area (Å²) in [6, 6.07) is 9.55. The Morgan fingerprint density at radius 3 is 2.50 bits per heavy atom. The molecule has 0 saturated heterocycles. The Hall–Kier alpha value is -1.62. The number of carbonyl (C=O) groups excluding carboxylic acids is 1. The van der Waals surface area contributed by atoms with Crippen LogP contribution in [0.3, 0.4) is 0 Å². The van der Waals surface area contributed by atoms with E-state index in [0.717, 1.165) is 15.7 Å². The number of hydrogen-bond acceptors (Lipinski definition) is 2. The summed E-state index contributed by atoms with van der Waals surface area (Å²) in [5.74, 6) is -0.0416. The number of rotatable bonds is 4. The van der Waals surface area contributed by atoms with E-state index in [4.69, 9.17) is 0 Å². The Morgan fingerprint density at radius 1 is 1.30 bits per heavy atom. The SMILES string of the molecule is Cc1c(Br)cnn1C(C)C(=O)NC(C)c1ccccc1. The fourth-order valence-corrected chi connectivity index (χ4v) is 2.34. The van der Waals surface area contributed by atoms with Crippen molar-refractivity contribution in [3.8, 4) is 0 Å². The molecule has 2 aromatic rings. The summed E-state index contributed by atoms with van der Waals surface area (Å²) in [7, 11) is 0. The van der Waals surface area contributed by atoms with E-state index in [9.17, 15) is 4.79 Å². The summed E-state index contributed by atoms with van der Waals surface area (Å²) >= 11 is 3.41. The third kappa shape index (κ3) is 3.10. The van der Waals surface area contributed by atoms with Crippen molar-refractivity contribution in [2.45, 2.75) is 32.9 Å². The predicted octanol–water partition coefficient (Wildman–Crippen LogP) is 3.39. The number of hydrogen-bond donors (Lipinski definition) is 1. The van der Waals surface area contributed by atoms with Crippen molar-refractivity contribution in [3.63, 3.8) is 0 Å². The molecular weight excluding hydrogens is 318 g/mol. The first-order chi connectivity index (χ1) is 9.50. The topological polar surface area (TPSA) is 46.9 Å². The molecule has 4 nitrogen and oxygen atoms in total. The van der Waals surface area contributed by atoms with Gasteiger partial charge in [0, 0.05) is 0 Å². The second-order valence-corrected chi connectivity index (χ2v) is 5.69. The molecule has 2 atom stereocenters. The molecular formula is C15H18BrN3O. The summed E-state index contributed by atoms with van der Waals surface area (Å²) < 4.78 is 2.63. The number of aromatic nitrogens is 2. The van der Waals surface area contributed by atoms with Crippen molar-refractivity contribution in [1.82, 2.24) is 15.1 Å². The van der Waals surface area contributed by atoms with Gasteiger partial charge in [0.1, 0.15) is 6.04 Å². The first-order valence-electron chi connectivity index (χ1n) is 6.55. The highest BCUT2D eigenvalue weighted by molar-refractivity contribution is 9.10. The maximum Gasteiger partial charge on any atom is 0.245 e. The number of nitrogens with one attached hydrogen (secondary N) is 1. The van der Waals surface area contributed by atoms with E-state index in [0.29, 0.717) is 0 Å². The summed E-state index contributed by atoms with van der Waals surface area (Å²) in [6.45, 7) is 5.76. The maximum atomic E-state index is 12.3. The third-order valence-electron chi connectivity index (χ3n) is 3.39. The molecule has 1 aromatic heterocycles. The average Bonchev–Trinajstić information content (AvgIpc) is 2.79. The highest BCUT2D eigenvalue weighted by Gasteiger charge is 2.20. The Kier molecular flexibility index (Phi) is 4.60. The van der Waals surface area contributed by atoms with Crippen LogP contribution in [0.2, 0.25) is 0 Å². The van der Waals surface area contributed by atoms with Gasteiger partial charge in [-0.25, -0.2) is 0 Å². The molecule has 0 spiro atoms. The summed E-state index contributed by atoms with van der Waals surface area (Å²) in [5.41, 5.74) is 2.03. The number of benzene rings is 1. The molecule has 1 N–H and O–H groups in total. The molecule has 20 heavy (non-hydrogen) atoms. The molecule has 1 aromatic carbocycles. The lowest BCUT2D eigenvalue weighted by molar-refractivity contribution is -0.124. The van der Waals surface area contributed by atoms with E-state index in [1.165, 1.54) is 0 Å². The standard InChI is InChI=1S/C15H18BrN3O/c1-10(13-7-5-4-6-8-13)18-15(20)12(3)19-11(2)14(16)9-17-19/h4-10,12H,1-3H3,(H,18,20). The molecule has 1 amide bonds. The molecule has 0 saturated carbocycles. The quantitative estimate of drug-likeness (QED) is 0.930. The van der Waals surface area contributed by atoms with Crippen molar-refractivity contribution in [2.24, 2.45) is 0 Å². The van der Waals surface area contributed by atoms with Gasteiger partial charge in [0.05, 0.1) is 22.4 Å². The molecule has 0 aliphatic rings. The average molecular weight is 336 g/mol. The highest BCUT2D eigenvalue weighted by atomic mass is 79.9. The zero-order valence-electron chi connectivity index (χ0n) is 11.8. The smallest absolute Gasteiger partial charge is 0.245 e. The normalized spacial score (nSPS) is 13.8. The maximum absolute atomic E-state index is 12.3. The lowest BCUT2D eigenvalue weighted by Gasteiger charge is -2.19. The summed E-state index contributed by atoms with van der Waals surface area (Å²) in [6.07, 6.45) is 1.71.